The highest BCUT2D eigenvalue weighted by atomic mass is 16.5. The Morgan fingerprint density at radius 1 is 0.485 bits per heavy atom. The molecule has 8 N–H and O–H groups in total. The van der Waals surface area contributed by atoms with Crippen molar-refractivity contribution in [3.63, 3.8) is 0 Å². The van der Waals surface area contributed by atoms with Crippen LogP contribution in [0.2, 0.25) is 0 Å². The number of rotatable bonds is 4. The summed E-state index contributed by atoms with van der Waals surface area (Å²) in [6.45, 7) is 7.92. The van der Waals surface area contributed by atoms with Crippen LogP contribution in [0, 0.1) is 27.7 Å². The number of aryl methyl sites for hydroxylation is 2. The van der Waals surface area contributed by atoms with Crippen LogP contribution in [0.15, 0.2) is 60.7 Å². The zero-order valence-corrected chi connectivity index (χ0v) is 19.5. The van der Waals surface area contributed by atoms with Crippen LogP contribution < -0.4 is 27.7 Å². The molecule has 4 aromatic carbocycles. The molecule has 168 valence electrons. The van der Waals surface area contributed by atoms with E-state index >= 15 is 0 Å². The molecule has 0 saturated heterocycles. The first-order chi connectivity index (χ1) is 15.7. The Hall–Kier alpha value is -4.12. The van der Waals surface area contributed by atoms with Crippen molar-refractivity contribution in [2.45, 2.75) is 27.7 Å². The van der Waals surface area contributed by atoms with Crippen molar-refractivity contribution in [3.05, 3.63) is 82.9 Å². The van der Waals surface area contributed by atoms with Crippen LogP contribution in [-0.4, -0.2) is 0 Å². The number of hydrogen-bond acceptors (Lipinski definition) is 5. The summed E-state index contributed by atoms with van der Waals surface area (Å²) in [5.74, 6) is 1.39. The van der Waals surface area contributed by atoms with Gasteiger partial charge in [0.1, 0.15) is 11.5 Å². The number of ether oxygens (including phenoxy) is 1. The second kappa shape index (κ2) is 8.43. The molecule has 5 heteroatoms. The minimum atomic E-state index is 0.660. The fourth-order valence-corrected chi connectivity index (χ4v) is 3.92. The highest BCUT2D eigenvalue weighted by Gasteiger charge is 2.19. The van der Waals surface area contributed by atoms with Gasteiger partial charge in [0.2, 0.25) is 0 Å². The number of benzene rings is 4. The van der Waals surface area contributed by atoms with Gasteiger partial charge in [-0.1, -0.05) is 12.1 Å². The SMILES string of the molecule is Cc1cc(-c2ccc(N)c(C)c2Oc2c(-c3ccc(N)c(C)c3)ccc(N)c2C)ccc1N. The molecule has 0 atom stereocenters. The normalized spacial score (nSPS) is 10.9. The quantitative estimate of drug-likeness (QED) is 0.276. The van der Waals surface area contributed by atoms with Gasteiger partial charge in [-0.15, -0.1) is 0 Å². The maximum atomic E-state index is 6.69. The van der Waals surface area contributed by atoms with Crippen molar-refractivity contribution in [1.29, 1.82) is 0 Å². The summed E-state index contributed by atoms with van der Waals surface area (Å²) in [6.07, 6.45) is 0. The van der Waals surface area contributed by atoms with Crippen molar-refractivity contribution in [2.24, 2.45) is 0 Å². The summed E-state index contributed by atoms with van der Waals surface area (Å²) in [7, 11) is 0. The summed E-state index contributed by atoms with van der Waals surface area (Å²) in [5, 5.41) is 0. The highest BCUT2D eigenvalue weighted by molar-refractivity contribution is 5.81. The van der Waals surface area contributed by atoms with E-state index in [0.717, 1.165) is 55.9 Å². The van der Waals surface area contributed by atoms with Gasteiger partial charge in [-0.05, 0) is 98.5 Å². The van der Waals surface area contributed by atoms with Crippen LogP contribution in [0.1, 0.15) is 22.3 Å². The third-order valence-corrected chi connectivity index (χ3v) is 6.26. The van der Waals surface area contributed by atoms with Crippen molar-refractivity contribution in [2.75, 3.05) is 22.9 Å². The fourth-order valence-electron chi connectivity index (χ4n) is 3.92. The molecule has 4 rings (SSSR count). The Morgan fingerprint density at radius 2 is 0.848 bits per heavy atom. The molecule has 0 unspecified atom stereocenters. The molecule has 0 saturated carbocycles. The molecular formula is C28H30N4O. The minimum absolute atomic E-state index is 0.660. The Bertz CT molecular complexity index is 1270. The Kier molecular flexibility index (Phi) is 5.64. The molecule has 0 aliphatic carbocycles. The monoisotopic (exact) mass is 438 g/mol. The average molecular weight is 439 g/mol. The summed E-state index contributed by atoms with van der Waals surface area (Å²) in [4.78, 5) is 0. The Morgan fingerprint density at radius 3 is 1.21 bits per heavy atom. The number of nitrogen functional groups attached to an aromatic ring is 4. The summed E-state index contributed by atoms with van der Waals surface area (Å²) in [6, 6.07) is 19.7. The van der Waals surface area contributed by atoms with Gasteiger partial charge in [0.25, 0.3) is 0 Å². The van der Waals surface area contributed by atoms with Gasteiger partial charge in [0.15, 0.2) is 0 Å². The second-order valence-electron chi connectivity index (χ2n) is 8.56. The van der Waals surface area contributed by atoms with Gasteiger partial charge in [-0.3, -0.25) is 0 Å². The van der Waals surface area contributed by atoms with Crippen LogP contribution in [-0.2, 0) is 0 Å². The molecule has 0 amide bonds. The van der Waals surface area contributed by atoms with E-state index in [1.165, 1.54) is 0 Å². The van der Waals surface area contributed by atoms with Crippen molar-refractivity contribution < 1.29 is 4.74 Å². The number of nitrogens with two attached hydrogens (primary N) is 4. The molecule has 0 aliphatic heterocycles. The van der Waals surface area contributed by atoms with Crippen molar-refractivity contribution in [1.82, 2.24) is 0 Å². The van der Waals surface area contributed by atoms with Gasteiger partial charge in [0, 0.05) is 45.0 Å². The van der Waals surface area contributed by atoms with E-state index in [2.05, 4.69) is 12.1 Å². The van der Waals surface area contributed by atoms with E-state index in [9.17, 15) is 0 Å². The lowest BCUT2D eigenvalue weighted by molar-refractivity contribution is 0.479. The van der Waals surface area contributed by atoms with Gasteiger partial charge in [0.05, 0.1) is 0 Å². The number of hydrogen-bond donors (Lipinski definition) is 4. The molecule has 0 spiro atoms. The van der Waals surface area contributed by atoms with E-state index < -0.39 is 0 Å². The minimum Gasteiger partial charge on any atom is -0.455 e. The zero-order chi connectivity index (χ0) is 23.9. The predicted molar refractivity (Wildman–Crippen MR) is 140 cm³/mol. The van der Waals surface area contributed by atoms with E-state index in [-0.39, 0.29) is 0 Å². The maximum Gasteiger partial charge on any atom is 0.140 e. The standard InChI is InChI=1S/C28H30N4O/c1-15-13-19(5-9-23(15)29)21-7-11-25(31)17(3)27(21)33-28-18(4)26(32)12-8-22(28)20-6-10-24(30)16(2)14-20/h5-14H,29-32H2,1-4H3. The molecule has 0 radical (unpaired) electrons. The Labute approximate surface area is 195 Å². The molecule has 0 bridgehead atoms. The molecule has 0 aromatic heterocycles. The van der Waals surface area contributed by atoms with Crippen LogP contribution in [0.4, 0.5) is 22.7 Å². The van der Waals surface area contributed by atoms with E-state index in [1.807, 2.05) is 76.2 Å². The topological polar surface area (TPSA) is 113 Å². The lowest BCUT2D eigenvalue weighted by atomic mass is 9.97. The zero-order valence-electron chi connectivity index (χ0n) is 19.5. The average Bonchev–Trinajstić information content (AvgIpc) is 2.78. The first-order valence-electron chi connectivity index (χ1n) is 10.9. The van der Waals surface area contributed by atoms with Gasteiger partial charge in [-0.25, -0.2) is 0 Å². The highest BCUT2D eigenvalue weighted by Crippen LogP contribution is 2.44. The maximum absolute atomic E-state index is 6.69. The van der Waals surface area contributed by atoms with E-state index in [0.29, 0.717) is 22.9 Å². The third-order valence-electron chi connectivity index (χ3n) is 6.26. The summed E-state index contributed by atoms with van der Waals surface area (Å²) < 4.78 is 6.69. The lowest BCUT2D eigenvalue weighted by Gasteiger charge is -2.21. The third kappa shape index (κ3) is 4.05. The molecule has 4 aromatic rings. The predicted octanol–water partition coefficient (Wildman–Crippen LogP) is 6.38. The molecule has 0 aliphatic rings. The first kappa shape index (κ1) is 22.1. The van der Waals surface area contributed by atoms with Gasteiger partial charge >= 0.3 is 0 Å². The first-order valence-corrected chi connectivity index (χ1v) is 10.9. The summed E-state index contributed by atoms with van der Waals surface area (Å²) in [5.41, 5.74) is 35.1. The van der Waals surface area contributed by atoms with Gasteiger partial charge < -0.3 is 27.7 Å². The molecule has 0 heterocycles. The Balaban J connectivity index is 1.92. The fraction of sp³-hybridized carbons (Fsp3) is 0.143. The van der Waals surface area contributed by atoms with Gasteiger partial charge in [-0.2, -0.15) is 0 Å². The second-order valence-corrected chi connectivity index (χ2v) is 8.56. The summed E-state index contributed by atoms with van der Waals surface area (Å²) >= 11 is 0. The van der Waals surface area contributed by atoms with E-state index in [4.69, 9.17) is 27.7 Å². The molecule has 5 nitrogen and oxygen atoms in total. The lowest BCUT2D eigenvalue weighted by Crippen LogP contribution is -2.01. The van der Waals surface area contributed by atoms with Crippen LogP contribution in [0.3, 0.4) is 0 Å². The van der Waals surface area contributed by atoms with Crippen LogP contribution in [0.5, 0.6) is 11.5 Å². The number of anilines is 4. The largest absolute Gasteiger partial charge is 0.455 e. The molecule has 33 heavy (non-hydrogen) atoms. The van der Waals surface area contributed by atoms with Crippen molar-refractivity contribution >= 4 is 22.7 Å². The van der Waals surface area contributed by atoms with E-state index in [1.54, 1.807) is 0 Å². The molecule has 0 fully saturated rings. The van der Waals surface area contributed by atoms with Crippen LogP contribution >= 0.6 is 0 Å². The van der Waals surface area contributed by atoms with Crippen molar-refractivity contribution in [3.8, 4) is 33.8 Å². The molecular weight excluding hydrogens is 408 g/mol. The smallest absolute Gasteiger partial charge is 0.140 e. The van der Waals surface area contributed by atoms with Crippen LogP contribution in [0.25, 0.3) is 22.3 Å².